The van der Waals surface area contributed by atoms with Crippen LogP contribution >= 0.6 is 0 Å². The molecule has 1 aliphatic rings. The molecule has 1 unspecified atom stereocenters. The second kappa shape index (κ2) is 7.20. The molecule has 5 heteroatoms. The van der Waals surface area contributed by atoms with E-state index in [1.54, 1.807) is 14.2 Å². The van der Waals surface area contributed by atoms with Crippen molar-refractivity contribution in [2.75, 3.05) is 14.2 Å². The van der Waals surface area contributed by atoms with E-state index in [0.29, 0.717) is 0 Å². The molecular formula is C21H24N2O3. The van der Waals surface area contributed by atoms with E-state index in [9.17, 15) is 9.59 Å². The highest BCUT2D eigenvalue weighted by atomic mass is 16.5. The Hall–Kier alpha value is -2.82. The van der Waals surface area contributed by atoms with Gasteiger partial charge < -0.3 is 15.4 Å². The molecule has 0 bridgehead atoms. The van der Waals surface area contributed by atoms with Crippen LogP contribution in [0.2, 0.25) is 0 Å². The quantitative estimate of drug-likeness (QED) is 0.840. The zero-order chi connectivity index (χ0) is 18.7. The third-order valence-corrected chi connectivity index (χ3v) is 5.02. The number of benzene rings is 2. The Balaban J connectivity index is 1.83. The summed E-state index contributed by atoms with van der Waals surface area (Å²) in [7, 11) is 3.19. The maximum atomic E-state index is 13.0. The Morgan fingerprint density at radius 3 is 2.15 bits per heavy atom. The van der Waals surface area contributed by atoms with Crippen molar-refractivity contribution in [1.82, 2.24) is 10.6 Å². The SMILES string of the molecule is CNC(=O)C(NC(=O)C1(c2ccc(OC)cc2)CC1)c1ccc(C)cc1. The number of aryl methyl sites for hydroxylation is 1. The van der Waals surface area contributed by atoms with E-state index in [0.717, 1.165) is 35.3 Å². The summed E-state index contributed by atoms with van der Waals surface area (Å²) in [5, 5.41) is 5.59. The van der Waals surface area contributed by atoms with Crippen molar-refractivity contribution in [2.45, 2.75) is 31.2 Å². The van der Waals surface area contributed by atoms with Crippen LogP contribution in [-0.2, 0) is 15.0 Å². The topological polar surface area (TPSA) is 67.4 Å². The lowest BCUT2D eigenvalue weighted by Crippen LogP contribution is -2.43. The first-order valence-electron chi connectivity index (χ1n) is 8.74. The van der Waals surface area contributed by atoms with E-state index in [4.69, 9.17) is 4.74 Å². The fourth-order valence-electron chi connectivity index (χ4n) is 3.15. The summed E-state index contributed by atoms with van der Waals surface area (Å²) < 4.78 is 5.19. The third-order valence-electron chi connectivity index (χ3n) is 5.02. The highest BCUT2D eigenvalue weighted by Gasteiger charge is 2.52. The number of hydrogen-bond acceptors (Lipinski definition) is 3. The Kier molecular flexibility index (Phi) is 4.98. The van der Waals surface area contributed by atoms with Gasteiger partial charge in [-0.05, 0) is 43.0 Å². The minimum Gasteiger partial charge on any atom is -0.497 e. The van der Waals surface area contributed by atoms with Gasteiger partial charge in [0, 0.05) is 7.05 Å². The van der Waals surface area contributed by atoms with Gasteiger partial charge in [-0.15, -0.1) is 0 Å². The van der Waals surface area contributed by atoms with Crippen molar-refractivity contribution in [1.29, 1.82) is 0 Å². The van der Waals surface area contributed by atoms with Gasteiger partial charge in [0.1, 0.15) is 11.8 Å². The highest BCUT2D eigenvalue weighted by Crippen LogP contribution is 2.49. The summed E-state index contributed by atoms with van der Waals surface area (Å²) in [4.78, 5) is 25.4. The maximum Gasteiger partial charge on any atom is 0.246 e. The molecule has 136 valence electrons. The summed E-state index contributed by atoms with van der Waals surface area (Å²) in [6.45, 7) is 1.99. The predicted octanol–water partition coefficient (Wildman–Crippen LogP) is 2.64. The van der Waals surface area contributed by atoms with E-state index in [1.165, 1.54) is 0 Å². The maximum absolute atomic E-state index is 13.0. The monoisotopic (exact) mass is 352 g/mol. The lowest BCUT2D eigenvalue weighted by atomic mass is 9.93. The summed E-state index contributed by atoms with van der Waals surface area (Å²) in [5.41, 5.74) is 2.28. The minimum absolute atomic E-state index is 0.114. The number of amides is 2. The number of hydrogen-bond donors (Lipinski definition) is 2. The third kappa shape index (κ3) is 3.43. The van der Waals surface area contributed by atoms with Crippen molar-refractivity contribution in [2.24, 2.45) is 0 Å². The fourth-order valence-corrected chi connectivity index (χ4v) is 3.15. The van der Waals surface area contributed by atoms with Gasteiger partial charge in [0.15, 0.2) is 0 Å². The zero-order valence-electron chi connectivity index (χ0n) is 15.3. The molecule has 2 amide bonds. The number of methoxy groups -OCH3 is 1. The molecule has 1 atom stereocenters. The number of carbonyl (C=O) groups excluding carboxylic acids is 2. The van der Waals surface area contributed by atoms with Crippen LogP contribution in [0.4, 0.5) is 0 Å². The van der Waals surface area contributed by atoms with Gasteiger partial charge in [-0.25, -0.2) is 0 Å². The second-order valence-electron chi connectivity index (χ2n) is 6.74. The number of rotatable bonds is 6. The van der Waals surface area contributed by atoms with Crippen molar-refractivity contribution in [3.05, 3.63) is 65.2 Å². The van der Waals surface area contributed by atoms with Crippen LogP contribution in [0.5, 0.6) is 5.75 Å². The first kappa shape index (κ1) is 18.0. The molecular weight excluding hydrogens is 328 g/mol. The first-order valence-corrected chi connectivity index (χ1v) is 8.74. The summed E-state index contributed by atoms with van der Waals surface area (Å²) >= 11 is 0. The minimum atomic E-state index is -0.705. The van der Waals surface area contributed by atoms with Gasteiger partial charge in [0.05, 0.1) is 12.5 Å². The van der Waals surface area contributed by atoms with Crippen LogP contribution in [-0.4, -0.2) is 26.0 Å². The van der Waals surface area contributed by atoms with E-state index in [1.807, 2.05) is 55.5 Å². The predicted molar refractivity (Wildman–Crippen MR) is 100 cm³/mol. The van der Waals surface area contributed by atoms with Crippen LogP contribution in [0.3, 0.4) is 0 Å². The summed E-state index contributed by atoms with van der Waals surface area (Å²) in [5.74, 6) is 0.414. The molecule has 2 aromatic carbocycles. The van der Waals surface area contributed by atoms with Crippen molar-refractivity contribution in [3.63, 3.8) is 0 Å². The van der Waals surface area contributed by atoms with E-state index in [2.05, 4.69) is 10.6 Å². The molecule has 0 aromatic heterocycles. The normalized spacial score (nSPS) is 15.7. The van der Waals surface area contributed by atoms with Gasteiger partial charge >= 0.3 is 0 Å². The van der Waals surface area contributed by atoms with Crippen LogP contribution < -0.4 is 15.4 Å². The molecule has 0 saturated heterocycles. The molecule has 1 fully saturated rings. The standard InChI is InChI=1S/C21H24N2O3/c1-14-4-6-15(7-5-14)18(19(24)22-2)23-20(25)21(12-13-21)16-8-10-17(26-3)11-9-16/h4-11,18H,12-13H2,1-3H3,(H,22,24)(H,23,25). The van der Waals surface area contributed by atoms with Gasteiger partial charge in [0.25, 0.3) is 0 Å². The van der Waals surface area contributed by atoms with Crippen molar-refractivity contribution >= 4 is 11.8 Å². The Labute approximate surface area is 153 Å². The molecule has 2 N–H and O–H groups in total. The lowest BCUT2D eigenvalue weighted by Gasteiger charge is -2.22. The molecule has 5 nitrogen and oxygen atoms in total. The molecule has 1 saturated carbocycles. The molecule has 0 spiro atoms. The van der Waals surface area contributed by atoms with E-state index < -0.39 is 11.5 Å². The lowest BCUT2D eigenvalue weighted by molar-refractivity contribution is -0.130. The van der Waals surface area contributed by atoms with Crippen molar-refractivity contribution in [3.8, 4) is 5.75 Å². The molecule has 0 aliphatic heterocycles. The number of nitrogens with one attached hydrogen (secondary N) is 2. The molecule has 26 heavy (non-hydrogen) atoms. The first-order chi connectivity index (χ1) is 12.5. The average molecular weight is 352 g/mol. The van der Waals surface area contributed by atoms with Gasteiger partial charge in [-0.3, -0.25) is 9.59 Å². The molecule has 3 rings (SSSR count). The van der Waals surface area contributed by atoms with Gasteiger partial charge in [0.2, 0.25) is 11.8 Å². The summed E-state index contributed by atoms with van der Waals surface area (Å²) in [6, 6.07) is 14.5. The Morgan fingerprint density at radius 1 is 1.04 bits per heavy atom. The Bertz CT molecular complexity index is 793. The smallest absolute Gasteiger partial charge is 0.246 e. The number of likely N-dealkylation sites (N-methyl/N-ethyl adjacent to an activating group) is 1. The highest BCUT2D eigenvalue weighted by molar-refractivity contribution is 5.95. The average Bonchev–Trinajstić information content (AvgIpc) is 3.48. The van der Waals surface area contributed by atoms with Crippen molar-refractivity contribution < 1.29 is 14.3 Å². The van der Waals surface area contributed by atoms with Crippen LogP contribution in [0.25, 0.3) is 0 Å². The number of carbonyl (C=O) groups is 2. The van der Waals surface area contributed by atoms with Crippen LogP contribution in [0, 0.1) is 6.92 Å². The fraction of sp³-hybridized carbons (Fsp3) is 0.333. The molecule has 1 aliphatic carbocycles. The van der Waals surface area contributed by atoms with E-state index >= 15 is 0 Å². The zero-order valence-corrected chi connectivity index (χ0v) is 15.3. The second-order valence-corrected chi connectivity index (χ2v) is 6.74. The molecule has 0 heterocycles. The van der Waals surface area contributed by atoms with Gasteiger partial charge in [-0.2, -0.15) is 0 Å². The largest absolute Gasteiger partial charge is 0.497 e. The molecule has 2 aromatic rings. The number of ether oxygens (including phenoxy) is 1. The Morgan fingerprint density at radius 2 is 1.65 bits per heavy atom. The molecule has 0 radical (unpaired) electrons. The van der Waals surface area contributed by atoms with Crippen LogP contribution in [0.1, 0.15) is 35.6 Å². The summed E-state index contributed by atoms with van der Waals surface area (Å²) in [6.07, 6.45) is 1.55. The van der Waals surface area contributed by atoms with E-state index in [-0.39, 0.29) is 11.8 Å². The van der Waals surface area contributed by atoms with Crippen LogP contribution in [0.15, 0.2) is 48.5 Å². The van der Waals surface area contributed by atoms with Gasteiger partial charge in [-0.1, -0.05) is 42.0 Å².